The molecule has 1 aromatic rings. The highest BCUT2D eigenvalue weighted by Gasteiger charge is 2.29. The van der Waals surface area contributed by atoms with Crippen molar-refractivity contribution in [2.45, 2.75) is 38.6 Å². The highest BCUT2D eigenvalue weighted by Crippen LogP contribution is 2.35. The minimum absolute atomic E-state index is 0.430. The van der Waals surface area contributed by atoms with Crippen molar-refractivity contribution in [1.29, 1.82) is 0 Å². The number of hydrogen-bond acceptors (Lipinski definition) is 4. The quantitative estimate of drug-likeness (QED) is 0.845. The van der Waals surface area contributed by atoms with Crippen molar-refractivity contribution < 1.29 is 0 Å². The lowest BCUT2D eigenvalue weighted by Crippen LogP contribution is -2.23. The van der Waals surface area contributed by atoms with Crippen LogP contribution in [0.5, 0.6) is 0 Å². The van der Waals surface area contributed by atoms with Crippen molar-refractivity contribution in [3.63, 3.8) is 0 Å². The van der Waals surface area contributed by atoms with E-state index < -0.39 is 0 Å². The van der Waals surface area contributed by atoms with E-state index in [9.17, 15) is 0 Å². The van der Waals surface area contributed by atoms with E-state index in [1.54, 1.807) is 6.33 Å². The van der Waals surface area contributed by atoms with Gasteiger partial charge in [-0.15, -0.1) is 0 Å². The molecule has 1 fully saturated rings. The second-order valence-corrected chi connectivity index (χ2v) is 4.71. The Bertz CT molecular complexity index is 371. The van der Waals surface area contributed by atoms with E-state index in [0.717, 1.165) is 11.6 Å². The molecule has 0 radical (unpaired) electrons. The summed E-state index contributed by atoms with van der Waals surface area (Å²) in [7, 11) is 4.04. The summed E-state index contributed by atoms with van der Waals surface area (Å²) in [5, 5.41) is 3.15. The molecule has 0 amide bonds. The molecular formula is C12H20N4. The van der Waals surface area contributed by atoms with Gasteiger partial charge in [-0.05, 0) is 18.8 Å². The Balaban J connectivity index is 2.41. The van der Waals surface area contributed by atoms with E-state index in [4.69, 9.17) is 0 Å². The standard InChI is InChI=1S/C12H20N4/c1-8(2)10-11(13-3)14-7-15-12(10)16(4)9-5-6-9/h7-9H,5-6H2,1-4H3,(H,13,14,15). The van der Waals surface area contributed by atoms with Crippen LogP contribution in [0, 0.1) is 0 Å². The van der Waals surface area contributed by atoms with Crippen molar-refractivity contribution in [1.82, 2.24) is 9.97 Å². The Kier molecular flexibility index (Phi) is 2.99. The maximum absolute atomic E-state index is 4.44. The molecule has 88 valence electrons. The lowest BCUT2D eigenvalue weighted by atomic mass is 10.0. The zero-order valence-corrected chi connectivity index (χ0v) is 10.5. The van der Waals surface area contributed by atoms with Crippen LogP contribution in [-0.2, 0) is 0 Å². The highest BCUT2D eigenvalue weighted by atomic mass is 15.2. The SMILES string of the molecule is CNc1ncnc(N(C)C2CC2)c1C(C)C. The molecule has 1 aromatic heterocycles. The molecule has 1 N–H and O–H groups in total. The molecule has 0 aromatic carbocycles. The smallest absolute Gasteiger partial charge is 0.137 e. The third kappa shape index (κ3) is 1.96. The van der Waals surface area contributed by atoms with Gasteiger partial charge >= 0.3 is 0 Å². The van der Waals surface area contributed by atoms with Gasteiger partial charge in [0.25, 0.3) is 0 Å². The minimum atomic E-state index is 0.430. The zero-order valence-electron chi connectivity index (χ0n) is 10.5. The normalized spacial score (nSPS) is 15.3. The maximum atomic E-state index is 4.44. The van der Waals surface area contributed by atoms with Gasteiger partial charge in [0.15, 0.2) is 0 Å². The molecule has 0 aliphatic heterocycles. The van der Waals surface area contributed by atoms with Gasteiger partial charge in [-0.1, -0.05) is 13.8 Å². The van der Waals surface area contributed by atoms with Crippen LogP contribution in [0.3, 0.4) is 0 Å². The van der Waals surface area contributed by atoms with E-state index in [1.807, 2.05) is 7.05 Å². The van der Waals surface area contributed by atoms with Crippen molar-refractivity contribution in [2.75, 3.05) is 24.3 Å². The summed E-state index contributed by atoms with van der Waals surface area (Å²) in [4.78, 5) is 11.0. The molecule has 1 aliphatic rings. The van der Waals surface area contributed by atoms with Gasteiger partial charge in [0, 0.05) is 25.7 Å². The van der Waals surface area contributed by atoms with Crippen LogP contribution in [0.15, 0.2) is 6.33 Å². The maximum Gasteiger partial charge on any atom is 0.137 e. The Labute approximate surface area is 97.1 Å². The van der Waals surface area contributed by atoms with Gasteiger partial charge in [0.1, 0.15) is 18.0 Å². The monoisotopic (exact) mass is 220 g/mol. The molecule has 0 unspecified atom stereocenters. The molecule has 16 heavy (non-hydrogen) atoms. The number of hydrogen-bond donors (Lipinski definition) is 1. The summed E-state index contributed by atoms with van der Waals surface area (Å²) in [6.07, 6.45) is 4.21. The summed E-state index contributed by atoms with van der Waals surface area (Å²) in [6.45, 7) is 4.37. The van der Waals surface area contributed by atoms with E-state index in [-0.39, 0.29) is 0 Å². The number of nitrogens with one attached hydrogen (secondary N) is 1. The Morgan fingerprint density at radius 2 is 2.06 bits per heavy atom. The molecule has 4 nitrogen and oxygen atoms in total. The summed E-state index contributed by atoms with van der Waals surface area (Å²) < 4.78 is 0. The third-order valence-electron chi connectivity index (χ3n) is 3.11. The van der Waals surface area contributed by atoms with Crippen molar-refractivity contribution in [3.05, 3.63) is 11.9 Å². The molecule has 0 bridgehead atoms. The molecule has 4 heteroatoms. The minimum Gasteiger partial charge on any atom is -0.373 e. The van der Waals surface area contributed by atoms with Crippen LogP contribution >= 0.6 is 0 Å². The predicted octanol–water partition coefficient (Wildman–Crippen LogP) is 2.24. The topological polar surface area (TPSA) is 41.1 Å². The zero-order chi connectivity index (χ0) is 11.7. The lowest BCUT2D eigenvalue weighted by Gasteiger charge is -2.23. The summed E-state index contributed by atoms with van der Waals surface area (Å²) in [5.41, 5.74) is 1.22. The van der Waals surface area contributed by atoms with Gasteiger partial charge in [0.05, 0.1) is 0 Å². The van der Waals surface area contributed by atoms with E-state index in [1.165, 1.54) is 18.4 Å². The van der Waals surface area contributed by atoms with E-state index in [0.29, 0.717) is 12.0 Å². The molecular weight excluding hydrogens is 200 g/mol. The van der Waals surface area contributed by atoms with Gasteiger partial charge < -0.3 is 10.2 Å². The van der Waals surface area contributed by atoms with Gasteiger partial charge in [-0.3, -0.25) is 0 Å². The molecule has 1 heterocycles. The van der Waals surface area contributed by atoms with Crippen LogP contribution in [0.2, 0.25) is 0 Å². The number of anilines is 2. The summed E-state index contributed by atoms with van der Waals surface area (Å²) in [5.74, 6) is 2.46. The van der Waals surface area contributed by atoms with Crippen LogP contribution < -0.4 is 10.2 Å². The first kappa shape index (κ1) is 11.2. The van der Waals surface area contributed by atoms with E-state index in [2.05, 4.69) is 41.1 Å². The van der Waals surface area contributed by atoms with Crippen molar-refractivity contribution >= 4 is 11.6 Å². The second kappa shape index (κ2) is 4.28. The first-order valence-corrected chi connectivity index (χ1v) is 5.90. The van der Waals surface area contributed by atoms with Crippen molar-refractivity contribution in [2.24, 2.45) is 0 Å². The van der Waals surface area contributed by atoms with Crippen molar-refractivity contribution in [3.8, 4) is 0 Å². The Hall–Kier alpha value is -1.32. The van der Waals surface area contributed by atoms with Crippen LogP contribution in [0.25, 0.3) is 0 Å². The summed E-state index contributed by atoms with van der Waals surface area (Å²) in [6, 6.07) is 0.678. The Morgan fingerprint density at radius 1 is 1.38 bits per heavy atom. The molecule has 0 atom stereocenters. The fraction of sp³-hybridized carbons (Fsp3) is 0.667. The fourth-order valence-corrected chi connectivity index (χ4v) is 2.03. The molecule has 0 saturated heterocycles. The van der Waals surface area contributed by atoms with E-state index >= 15 is 0 Å². The van der Waals surface area contributed by atoms with Gasteiger partial charge in [-0.2, -0.15) is 0 Å². The first-order chi connectivity index (χ1) is 7.65. The van der Waals surface area contributed by atoms with Crippen LogP contribution in [0.4, 0.5) is 11.6 Å². The number of aromatic nitrogens is 2. The largest absolute Gasteiger partial charge is 0.373 e. The number of rotatable bonds is 4. The molecule has 0 spiro atoms. The first-order valence-electron chi connectivity index (χ1n) is 5.90. The fourth-order valence-electron chi connectivity index (χ4n) is 2.03. The second-order valence-electron chi connectivity index (χ2n) is 4.71. The highest BCUT2D eigenvalue weighted by molar-refractivity contribution is 5.60. The Morgan fingerprint density at radius 3 is 2.56 bits per heavy atom. The molecule has 1 aliphatic carbocycles. The average molecular weight is 220 g/mol. The lowest BCUT2D eigenvalue weighted by molar-refractivity contribution is 0.808. The summed E-state index contributed by atoms with van der Waals surface area (Å²) >= 11 is 0. The number of nitrogens with zero attached hydrogens (tertiary/aromatic N) is 3. The van der Waals surface area contributed by atoms with Crippen LogP contribution in [0.1, 0.15) is 38.2 Å². The van der Waals surface area contributed by atoms with Gasteiger partial charge in [0.2, 0.25) is 0 Å². The predicted molar refractivity (Wildman–Crippen MR) is 67.1 cm³/mol. The molecule has 1 saturated carbocycles. The average Bonchev–Trinajstić information content (AvgIpc) is 3.10. The van der Waals surface area contributed by atoms with Gasteiger partial charge in [-0.25, -0.2) is 9.97 Å². The van der Waals surface area contributed by atoms with Crippen LogP contribution in [-0.4, -0.2) is 30.1 Å². The molecule has 2 rings (SSSR count). The third-order valence-corrected chi connectivity index (χ3v) is 3.11.